The van der Waals surface area contributed by atoms with Crippen molar-refractivity contribution in [3.05, 3.63) is 36.0 Å². The van der Waals surface area contributed by atoms with Gasteiger partial charge in [-0.3, -0.25) is 0 Å². The fourth-order valence-corrected chi connectivity index (χ4v) is 2.43. The van der Waals surface area contributed by atoms with E-state index in [9.17, 15) is 0 Å². The molecule has 13 heavy (non-hydrogen) atoms. The number of rotatable bonds is 3. The molecule has 0 N–H and O–H groups in total. The highest BCUT2D eigenvalue weighted by Gasteiger charge is 2.48. The first kappa shape index (κ1) is 8.80. The molecule has 2 rings (SSSR count). The lowest BCUT2D eigenvalue weighted by atomic mass is 9.97. The first-order valence-corrected chi connectivity index (χ1v) is 5.35. The highest BCUT2D eigenvalue weighted by molar-refractivity contribution is 5.44. The minimum atomic E-state index is 0.592. The molecule has 0 saturated heterocycles. The van der Waals surface area contributed by atoms with Gasteiger partial charge in [-0.1, -0.05) is 31.7 Å². The molecule has 0 atom stereocenters. The van der Waals surface area contributed by atoms with Crippen molar-refractivity contribution in [1.29, 1.82) is 0 Å². The maximum atomic E-state index is 3.94. The Morgan fingerprint density at radius 2 is 2.15 bits per heavy atom. The minimum Gasteiger partial charge on any atom is -0.0988 e. The molecule has 1 saturated carbocycles. The molecule has 0 aromatic carbocycles. The summed E-state index contributed by atoms with van der Waals surface area (Å²) in [5.41, 5.74) is 3.70. The predicted molar refractivity (Wildman–Crippen MR) is 57.6 cm³/mol. The summed E-state index contributed by atoms with van der Waals surface area (Å²) in [6.45, 7) is 6.13. The van der Waals surface area contributed by atoms with Crippen LogP contribution < -0.4 is 0 Å². The smallest absolute Gasteiger partial charge is 0.00407 e. The van der Waals surface area contributed by atoms with Crippen LogP contribution in [0.15, 0.2) is 36.0 Å². The first-order valence-electron chi connectivity index (χ1n) is 5.35. The van der Waals surface area contributed by atoms with Crippen molar-refractivity contribution < 1.29 is 0 Å². The Bertz CT molecular complexity index is 274. The molecule has 2 aliphatic carbocycles. The first-order chi connectivity index (χ1) is 6.32. The summed E-state index contributed by atoms with van der Waals surface area (Å²) in [5.74, 6) is 0. The Morgan fingerprint density at radius 1 is 1.38 bits per heavy atom. The minimum absolute atomic E-state index is 0.592. The number of allylic oxidation sites excluding steroid dienone is 5. The van der Waals surface area contributed by atoms with Crippen molar-refractivity contribution in [3.8, 4) is 0 Å². The van der Waals surface area contributed by atoms with Crippen molar-refractivity contribution in [1.82, 2.24) is 0 Å². The summed E-state index contributed by atoms with van der Waals surface area (Å²) in [6, 6.07) is 0. The molecular formula is C13H18. The Labute approximate surface area is 81.0 Å². The van der Waals surface area contributed by atoms with Crippen LogP contribution in [0.25, 0.3) is 0 Å². The molecule has 0 aromatic rings. The summed E-state index contributed by atoms with van der Waals surface area (Å²) in [7, 11) is 0. The Balaban J connectivity index is 2.23. The SMILES string of the molecule is C=CC1=C(/C=C\CC)CCC12CC2. The fourth-order valence-electron chi connectivity index (χ4n) is 2.43. The lowest BCUT2D eigenvalue weighted by Gasteiger charge is -2.07. The zero-order valence-corrected chi connectivity index (χ0v) is 8.47. The van der Waals surface area contributed by atoms with Gasteiger partial charge < -0.3 is 0 Å². The van der Waals surface area contributed by atoms with E-state index in [4.69, 9.17) is 0 Å². The zero-order chi connectivity index (χ0) is 9.31. The predicted octanol–water partition coefficient (Wildman–Crippen LogP) is 4.01. The van der Waals surface area contributed by atoms with Gasteiger partial charge in [0.15, 0.2) is 0 Å². The van der Waals surface area contributed by atoms with E-state index in [1.165, 1.54) is 25.7 Å². The lowest BCUT2D eigenvalue weighted by Crippen LogP contribution is -1.95. The Hall–Kier alpha value is -0.780. The van der Waals surface area contributed by atoms with E-state index in [2.05, 4.69) is 31.7 Å². The van der Waals surface area contributed by atoms with Gasteiger partial charge in [-0.25, -0.2) is 0 Å². The lowest BCUT2D eigenvalue weighted by molar-refractivity contribution is 0.610. The second-order valence-corrected chi connectivity index (χ2v) is 4.23. The van der Waals surface area contributed by atoms with Crippen molar-refractivity contribution in [2.24, 2.45) is 5.41 Å². The van der Waals surface area contributed by atoms with Gasteiger partial charge in [0.05, 0.1) is 0 Å². The van der Waals surface area contributed by atoms with E-state index in [-0.39, 0.29) is 0 Å². The molecule has 0 aliphatic heterocycles. The summed E-state index contributed by atoms with van der Waals surface area (Å²) in [5, 5.41) is 0. The van der Waals surface area contributed by atoms with Crippen LogP contribution in [-0.4, -0.2) is 0 Å². The number of hydrogen-bond donors (Lipinski definition) is 0. The number of hydrogen-bond acceptors (Lipinski definition) is 0. The standard InChI is InChI=1S/C13H18/c1-3-5-6-11-7-8-13(9-10-13)12(11)4-2/h4-6H,2-3,7-10H2,1H3/b6-5-. The van der Waals surface area contributed by atoms with Crippen LogP contribution in [0.4, 0.5) is 0 Å². The van der Waals surface area contributed by atoms with Crippen LogP contribution in [0.3, 0.4) is 0 Å². The van der Waals surface area contributed by atoms with Gasteiger partial charge in [-0.15, -0.1) is 0 Å². The molecule has 0 heterocycles. The van der Waals surface area contributed by atoms with E-state index < -0.39 is 0 Å². The van der Waals surface area contributed by atoms with E-state index in [0.29, 0.717) is 5.41 Å². The third kappa shape index (κ3) is 1.39. The van der Waals surface area contributed by atoms with Gasteiger partial charge in [0, 0.05) is 0 Å². The highest BCUT2D eigenvalue weighted by atomic mass is 14.5. The fraction of sp³-hybridized carbons (Fsp3) is 0.538. The van der Waals surface area contributed by atoms with Crippen molar-refractivity contribution in [2.45, 2.75) is 39.0 Å². The normalized spacial score (nSPS) is 24.7. The van der Waals surface area contributed by atoms with Gasteiger partial charge in [0.1, 0.15) is 0 Å². The molecule has 0 bridgehead atoms. The van der Waals surface area contributed by atoms with E-state index in [1.54, 1.807) is 11.1 Å². The molecular weight excluding hydrogens is 156 g/mol. The van der Waals surface area contributed by atoms with Crippen molar-refractivity contribution >= 4 is 0 Å². The largest absolute Gasteiger partial charge is 0.0988 e. The van der Waals surface area contributed by atoms with Crippen molar-refractivity contribution in [3.63, 3.8) is 0 Å². The van der Waals surface area contributed by atoms with Crippen LogP contribution in [-0.2, 0) is 0 Å². The molecule has 1 fully saturated rings. The van der Waals surface area contributed by atoms with Crippen LogP contribution in [0.2, 0.25) is 0 Å². The maximum Gasteiger partial charge on any atom is -0.00407 e. The van der Waals surface area contributed by atoms with Gasteiger partial charge in [-0.2, -0.15) is 0 Å². The molecule has 0 heteroatoms. The Morgan fingerprint density at radius 3 is 2.69 bits per heavy atom. The Kier molecular flexibility index (Phi) is 2.15. The second-order valence-electron chi connectivity index (χ2n) is 4.23. The second kappa shape index (κ2) is 3.17. The third-order valence-electron chi connectivity index (χ3n) is 3.40. The van der Waals surface area contributed by atoms with Gasteiger partial charge in [0.25, 0.3) is 0 Å². The quantitative estimate of drug-likeness (QED) is 0.606. The topological polar surface area (TPSA) is 0 Å². The van der Waals surface area contributed by atoms with Crippen LogP contribution in [0.1, 0.15) is 39.0 Å². The summed E-state index contributed by atoms with van der Waals surface area (Å²) in [6.07, 6.45) is 13.3. The zero-order valence-electron chi connectivity index (χ0n) is 8.47. The summed E-state index contributed by atoms with van der Waals surface area (Å²) < 4.78 is 0. The van der Waals surface area contributed by atoms with Gasteiger partial charge in [-0.05, 0) is 48.7 Å². The van der Waals surface area contributed by atoms with E-state index >= 15 is 0 Å². The van der Waals surface area contributed by atoms with E-state index in [1.807, 2.05) is 0 Å². The van der Waals surface area contributed by atoms with Crippen LogP contribution in [0, 0.1) is 5.41 Å². The molecule has 0 aromatic heterocycles. The monoisotopic (exact) mass is 174 g/mol. The van der Waals surface area contributed by atoms with E-state index in [0.717, 1.165) is 6.42 Å². The van der Waals surface area contributed by atoms with Gasteiger partial charge in [0.2, 0.25) is 0 Å². The summed E-state index contributed by atoms with van der Waals surface area (Å²) in [4.78, 5) is 0. The molecule has 0 unspecified atom stereocenters. The summed E-state index contributed by atoms with van der Waals surface area (Å²) >= 11 is 0. The molecule has 0 amide bonds. The van der Waals surface area contributed by atoms with Crippen LogP contribution in [0.5, 0.6) is 0 Å². The maximum absolute atomic E-state index is 3.94. The molecule has 70 valence electrons. The average molecular weight is 174 g/mol. The molecule has 2 aliphatic rings. The molecule has 0 radical (unpaired) electrons. The average Bonchev–Trinajstić information content (AvgIpc) is 2.80. The van der Waals surface area contributed by atoms with Crippen LogP contribution >= 0.6 is 0 Å². The highest BCUT2D eigenvalue weighted by Crippen LogP contribution is 2.61. The van der Waals surface area contributed by atoms with Crippen molar-refractivity contribution in [2.75, 3.05) is 0 Å². The third-order valence-corrected chi connectivity index (χ3v) is 3.40. The molecule has 1 spiro atoms. The molecule has 0 nitrogen and oxygen atoms in total. The van der Waals surface area contributed by atoms with Gasteiger partial charge >= 0.3 is 0 Å².